The van der Waals surface area contributed by atoms with Gasteiger partial charge >= 0.3 is 0 Å². The van der Waals surface area contributed by atoms with Crippen LogP contribution in [0.4, 0.5) is 0 Å². The Bertz CT molecular complexity index is 1340. The fraction of sp³-hybridized carbons (Fsp3) is 0.292. The maximum atomic E-state index is 13.7. The molecule has 0 bridgehead atoms. The SMILES string of the molecule is C=C(C)C1Cc2c(cc(O)c3c(=O)c4c(oc23)C(OC)Oc2cc(OC)c(OC)cc2-4)O1. The molecule has 1 aromatic heterocycles. The molecule has 0 saturated carbocycles. The topological polar surface area (TPSA) is 96.6 Å². The van der Waals surface area contributed by atoms with E-state index in [1.54, 1.807) is 12.1 Å². The summed E-state index contributed by atoms with van der Waals surface area (Å²) >= 11 is 0. The molecule has 1 N–H and O–H groups in total. The first-order valence-electron chi connectivity index (χ1n) is 10.0. The van der Waals surface area contributed by atoms with Crippen LogP contribution in [0, 0.1) is 0 Å². The standard InChI is InChI=1S/C24H22O8/c1-10(2)14-7-12-15(30-14)8-13(25)20-21(26)19-11-6-17(27-3)18(28-4)9-16(11)31-24(29-5)23(19)32-22(12)20/h6,8-9,14,24-25H,1,7H2,2-5H3. The molecule has 2 aliphatic heterocycles. The molecular formula is C24H22O8. The number of aromatic hydroxyl groups is 1. The molecule has 8 heteroatoms. The summed E-state index contributed by atoms with van der Waals surface area (Å²) in [5.41, 5.74) is 2.07. The number of phenols is 1. The lowest BCUT2D eigenvalue weighted by atomic mass is 9.96. The zero-order valence-electron chi connectivity index (χ0n) is 18.1. The lowest BCUT2D eigenvalue weighted by molar-refractivity contribution is -0.0717. The minimum absolute atomic E-state index is 0.0750. The number of phenolic OH excluding ortho intramolecular Hbond substituents is 1. The Morgan fingerprint density at radius 3 is 2.47 bits per heavy atom. The number of ether oxygens (including phenoxy) is 5. The molecule has 0 amide bonds. The van der Waals surface area contributed by atoms with Crippen LogP contribution in [-0.4, -0.2) is 32.5 Å². The molecule has 0 saturated heterocycles. The van der Waals surface area contributed by atoms with Crippen molar-refractivity contribution in [3.8, 4) is 39.9 Å². The molecule has 32 heavy (non-hydrogen) atoms. The van der Waals surface area contributed by atoms with E-state index in [-0.39, 0.29) is 34.1 Å². The third-order valence-corrected chi connectivity index (χ3v) is 5.86. The van der Waals surface area contributed by atoms with Crippen LogP contribution in [0.25, 0.3) is 22.1 Å². The molecule has 166 valence electrons. The summed E-state index contributed by atoms with van der Waals surface area (Å²) in [5, 5.41) is 10.8. The average Bonchev–Trinajstić information content (AvgIpc) is 3.21. The van der Waals surface area contributed by atoms with Crippen molar-refractivity contribution >= 4 is 11.0 Å². The largest absolute Gasteiger partial charge is 0.507 e. The fourth-order valence-corrected chi connectivity index (χ4v) is 4.24. The van der Waals surface area contributed by atoms with Crippen molar-refractivity contribution in [1.29, 1.82) is 0 Å². The lowest BCUT2D eigenvalue weighted by Gasteiger charge is -2.27. The van der Waals surface area contributed by atoms with Crippen LogP contribution in [0.2, 0.25) is 0 Å². The number of fused-ring (bicyclic) bond motifs is 6. The van der Waals surface area contributed by atoms with E-state index >= 15 is 0 Å². The van der Waals surface area contributed by atoms with E-state index in [4.69, 9.17) is 28.1 Å². The summed E-state index contributed by atoms with van der Waals surface area (Å²) in [6.07, 6.45) is -0.753. The summed E-state index contributed by atoms with van der Waals surface area (Å²) in [5.74, 6) is 1.69. The molecule has 2 unspecified atom stereocenters. The van der Waals surface area contributed by atoms with Crippen molar-refractivity contribution in [2.75, 3.05) is 21.3 Å². The molecule has 0 spiro atoms. The molecular weight excluding hydrogens is 416 g/mol. The summed E-state index contributed by atoms with van der Waals surface area (Å²) in [4.78, 5) is 13.7. The van der Waals surface area contributed by atoms with E-state index < -0.39 is 11.7 Å². The van der Waals surface area contributed by atoms with Crippen LogP contribution in [0.3, 0.4) is 0 Å². The van der Waals surface area contributed by atoms with Crippen molar-refractivity contribution in [2.45, 2.75) is 25.7 Å². The lowest BCUT2D eigenvalue weighted by Crippen LogP contribution is -2.21. The van der Waals surface area contributed by atoms with Gasteiger partial charge in [-0.15, -0.1) is 0 Å². The van der Waals surface area contributed by atoms with Crippen LogP contribution < -0.4 is 24.4 Å². The average molecular weight is 438 g/mol. The van der Waals surface area contributed by atoms with E-state index in [0.717, 1.165) is 5.57 Å². The van der Waals surface area contributed by atoms with Crippen molar-refractivity contribution < 1.29 is 33.2 Å². The van der Waals surface area contributed by atoms with E-state index in [0.29, 0.717) is 40.5 Å². The van der Waals surface area contributed by atoms with E-state index in [9.17, 15) is 9.90 Å². The van der Waals surface area contributed by atoms with Gasteiger partial charge < -0.3 is 33.2 Å². The van der Waals surface area contributed by atoms with Gasteiger partial charge in [-0.1, -0.05) is 6.58 Å². The number of hydrogen-bond acceptors (Lipinski definition) is 8. The second kappa shape index (κ2) is 7.20. The quantitative estimate of drug-likeness (QED) is 0.608. The third-order valence-electron chi connectivity index (χ3n) is 5.86. The van der Waals surface area contributed by atoms with Crippen molar-refractivity contribution in [3.05, 3.63) is 51.9 Å². The van der Waals surface area contributed by atoms with Crippen molar-refractivity contribution in [1.82, 2.24) is 0 Å². The second-order valence-electron chi connectivity index (χ2n) is 7.79. The Morgan fingerprint density at radius 2 is 1.81 bits per heavy atom. The Morgan fingerprint density at radius 1 is 1.09 bits per heavy atom. The molecule has 5 rings (SSSR count). The highest BCUT2D eigenvalue weighted by molar-refractivity contribution is 5.93. The van der Waals surface area contributed by atoms with Crippen LogP contribution >= 0.6 is 0 Å². The monoisotopic (exact) mass is 438 g/mol. The molecule has 2 aromatic carbocycles. The molecule has 8 nitrogen and oxygen atoms in total. The van der Waals surface area contributed by atoms with Gasteiger partial charge in [0.15, 0.2) is 17.3 Å². The Hall–Kier alpha value is -3.65. The first kappa shape index (κ1) is 20.3. The highest BCUT2D eigenvalue weighted by Gasteiger charge is 2.36. The van der Waals surface area contributed by atoms with Gasteiger partial charge in [0.2, 0.25) is 5.43 Å². The third kappa shape index (κ3) is 2.76. The van der Waals surface area contributed by atoms with Crippen molar-refractivity contribution in [3.63, 3.8) is 0 Å². The molecule has 3 aromatic rings. The van der Waals surface area contributed by atoms with Crippen LogP contribution in [0.15, 0.2) is 39.6 Å². The Labute approximate surface area is 183 Å². The molecule has 0 fully saturated rings. The zero-order valence-corrected chi connectivity index (χ0v) is 18.1. The number of methoxy groups -OCH3 is 3. The molecule has 3 heterocycles. The molecule has 0 radical (unpaired) electrons. The van der Waals surface area contributed by atoms with E-state index in [2.05, 4.69) is 6.58 Å². The maximum Gasteiger partial charge on any atom is 0.259 e. The zero-order chi connectivity index (χ0) is 22.7. The van der Waals surface area contributed by atoms with E-state index in [1.165, 1.54) is 27.4 Å². The van der Waals surface area contributed by atoms with Gasteiger partial charge in [0.1, 0.15) is 34.3 Å². The summed E-state index contributed by atoms with van der Waals surface area (Å²) in [7, 11) is 4.47. The van der Waals surface area contributed by atoms with Gasteiger partial charge in [0.25, 0.3) is 6.29 Å². The van der Waals surface area contributed by atoms with Gasteiger partial charge in [0, 0.05) is 36.8 Å². The fourth-order valence-electron chi connectivity index (χ4n) is 4.24. The molecule has 2 aliphatic rings. The highest BCUT2D eigenvalue weighted by atomic mass is 16.7. The predicted molar refractivity (Wildman–Crippen MR) is 116 cm³/mol. The molecule has 0 aliphatic carbocycles. The summed E-state index contributed by atoms with van der Waals surface area (Å²) < 4.78 is 34.3. The van der Waals surface area contributed by atoms with Crippen LogP contribution in [0.1, 0.15) is 24.5 Å². The van der Waals surface area contributed by atoms with Gasteiger partial charge in [0.05, 0.1) is 19.8 Å². The second-order valence-corrected chi connectivity index (χ2v) is 7.79. The number of hydrogen-bond donors (Lipinski definition) is 1. The maximum absolute atomic E-state index is 13.7. The van der Waals surface area contributed by atoms with Gasteiger partial charge in [-0.3, -0.25) is 4.79 Å². The van der Waals surface area contributed by atoms with Crippen LogP contribution in [-0.2, 0) is 11.2 Å². The summed E-state index contributed by atoms with van der Waals surface area (Å²) in [6.45, 7) is 5.81. The van der Waals surface area contributed by atoms with Gasteiger partial charge in [-0.2, -0.15) is 0 Å². The number of benzene rings is 2. The summed E-state index contributed by atoms with van der Waals surface area (Å²) in [6, 6.07) is 4.72. The smallest absolute Gasteiger partial charge is 0.259 e. The Kier molecular flexibility index (Phi) is 4.56. The van der Waals surface area contributed by atoms with Gasteiger partial charge in [-0.05, 0) is 18.6 Å². The normalized spacial score (nSPS) is 18.2. The Balaban J connectivity index is 1.83. The highest BCUT2D eigenvalue weighted by Crippen LogP contribution is 2.49. The molecule has 2 atom stereocenters. The number of rotatable bonds is 4. The predicted octanol–water partition coefficient (Wildman–Crippen LogP) is 4.10. The first-order valence-corrected chi connectivity index (χ1v) is 10.0. The van der Waals surface area contributed by atoms with E-state index in [1.807, 2.05) is 6.92 Å². The minimum Gasteiger partial charge on any atom is -0.507 e. The van der Waals surface area contributed by atoms with Gasteiger partial charge in [-0.25, -0.2) is 0 Å². The minimum atomic E-state index is -0.968. The van der Waals surface area contributed by atoms with Crippen LogP contribution in [0.5, 0.6) is 28.7 Å². The van der Waals surface area contributed by atoms with Crippen molar-refractivity contribution in [2.24, 2.45) is 0 Å². The first-order chi connectivity index (χ1) is 15.4.